The number of nitrogens with two attached hydrogens (primary N) is 2. The maximum Gasteiger partial charge on any atom is 0.258 e. The molecule has 0 aliphatic heterocycles. The van der Waals surface area contributed by atoms with Crippen LogP contribution in [0.15, 0.2) is 24.3 Å². The number of aromatic nitrogens is 3. The number of nitrogen functional groups attached to an aromatic ring is 2. The van der Waals surface area contributed by atoms with Crippen LogP contribution in [0.25, 0.3) is 0 Å². The number of hydrogen-bond donors (Lipinski definition) is 3. The Bertz CT molecular complexity index is 578. The van der Waals surface area contributed by atoms with E-state index in [-0.39, 0.29) is 23.8 Å². The zero-order chi connectivity index (χ0) is 13.1. The van der Waals surface area contributed by atoms with Gasteiger partial charge in [-0.3, -0.25) is 10.1 Å². The first-order valence-corrected chi connectivity index (χ1v) is 5.20. The second-order valence-corrected chi connectivity index (χ2v) is 3.64. The van der Waals surface area contributed by atoms with Crippen LogP contribution in [0.3, 0.4) is 0 Å². The molecule has 1 aromatic heterocycles. The monoisotopic (exact) mass is 244 g/mol. The molecule has 1 aromatic carbocycles. The Kier molecular flexibility index (Phi) is 3.05. The highest BCUT2D eigenvalue weighted by molar-refractivity contribution is 6.04. The molecule has 0 fully saturated rings. The number of hydrogen-bond acceptors (Lipinski definition) is 6. The summed E-state index contributed by atoms with van der Waals surface area (Å²) >= 11 is 0. The highest BCUT2D eigenvalue weighted by Crippen LogP contribution is 2.10. The molecular weight excluding hydrogens is 232 g/mol. The van der Waals surface area contributed by atoms with Gasteiger partial charge in [-0.2, -0.15) is 15.0 Å². The van der Waals surface area contributed by atoms with Gasteiger partial charge in [0.1, 0.15) is 0 Å². The summed E-state index contributed by atoms with van der Waals surface area (Å²) in [6.45, 7) is 1.84. The lowest BCUT2D eigenvalue weighted by molar-refractivity contribution is 0.102. The van der Waals surface area contributed by atoms with Gasteiger partial charge >= 0.3 is 0 Å². The molecule has 0 aliphatic rings. The normalized spacial score (nSPS) is 10.1. The van der Waals surface area contributed by atoms with E-state index < -0.39 is 0 Å². The third-order valence-corrected chi connectivity index (χ3v) is 2.29. The molecule has 0 bridgehead atoms. The quantitative estimate of drug-likeness (QED) is 0.711. The first kappa shape index (κ1) is 11.8. The van der Waals surface area contributed by atoms with Gasteiger partial charge < -0.3 is 11.5 Å². The molecule has 0 radical (unpaired) electrons. The molecule has 0 spiro atoms. The Hall–Kier alpha value is -2.70. The van der Waals surface area contributed by atoms with Crippen LogP contribution in [0.1, 0.15) is 15.9 Å². The first-order chi connectivity index (χ1) is 8.56. The van der Waals surface area contributed by atoms with Crippen molar-refractivity contribution in [2.75, 3.05) is 16.8 Å². The lowest BCUT2D eigenvalue weighted by Crippen LogP contribution is -2.17. The fourth-order valence-corrected chi connectivity index (χ4v) is 1.46. The lowest BCUT2D eigenvalue weighted by atomic mass is 10.1. The number of carbonyl (C=O) groups excluding carboxylic acids is 1. The summed E-state index contributed by atoms with van der Waals surface area (Å²) in [4.78, 5) is 23.1. The van der Waals surface area contributed by atoms with Gasteiger partial charge in [0.25, 0.3) is 5.91 Å². The molecule has 0 aliphatic carbocycles. The minimum Gasteiger partial charge on any atom is -0.368 e. The van der Waals surface area contributed by atoms with Crippen LogP contribution in [-0.4, -0.2) is 20.9 Å². The fraction of sp³-hybridized carbons (Fsp3) is 0.0909. The van der Waals surface area contributed by atoms with Crippen LogP contribution in [-0.2, 0) is 0 Å². The first-order valence-electron chi connectivity index (χ1n) is 5.20. The molecule has 2 rings (SSSR count). The van der Waals surface area contributed by atoms with Crippen molar-refractivity contribution >= 4 is 23.8 Å². The maximum atomic E-state index is 12.0. The number of rotatable bonds is 2. The van der Waals surface area contributed by atoms with Crippen molar-refractivity contribution in [1.29, 1.82) is 0 Å². The van der Waals surface area contributed by atoms with E-state index in [1.54, 1.807) is 12.1 Å². The average molecular weight is 244 g/mol. The Morgan fingerprint density at radius 2 is 1.72 bits per heavy atom. The molecule has 0 saturated heterocycles. The highest BCUT2D eigenvalue weighted by atomic mass is 16.1. The molecule has 7 heteroatoms. The molecule has 2 aromatic rings. The van der Waals surface area contributed by atoms with Crippen molar-refractivity contribution in [3.05, 3.63) is 35.4 Å². The summed E-state index contributed by atoms with van der Waals surface area (Å²) in [5.41, 5.74) is 12.2. The van der Waals surface area contributed by atoms with Gasteiger partial charge in [-0.1, -0.05) is 18.2 Å². The van der Waals surface area contributed by atoms with Gasteiger partial charge in [0, 0.05) is 5.56 Å². The summed E-state index contributed by atoms with van der Waals surface area (Å²) in [6.07, 6.45) is 0. The van der Waals surface area contributed by atoms with E-state index in [0.29, 0.717) is 5.56 Å². The van der Waals surface area contributed by atoms with E-state index in [2.05, 4.69) is 20.3 Å². The van der Waals surface area contributed by atoms with Crippen LogP contribution < -0.4 is 16.8 Å². The van der Waals surface area contributed by atoms with Crippen molar-refractivity contribution in [2.45, 2.75) is 6.92 Å². The van der Waals surface area contributed by atoms with Crippen molar-refractivity contribution in [3.8, 4) is 0 Å². The Morgan fingerprint density at radius 3 is 2.33 bits per heavy atom. The summed E-state index contributed by atoms with van der Waals surface area (Å²) in [5.74, 6) is -0.364. The average Bonchev–Trinajstić information content (AvgIpc) is 2.27. The van der Waals surface area contributed by atoms with Gasteiger partial charge in [-0.15, -0.1) is 0 Å². The third kappa shape index (κ3) is 2.51. The van der Waals surface area contributed by atoms with Crippen LogP contribution in [0.5, 0.6) is 0 Å². The van der Waals surface area contributed by atoms with E-state index in [0.717, 1.165) is 5.56 Å². The van der Waals surface area contributed by atoms with Gasteiger partial charge in [-0.05, 0) is 18.6 Å². The van der Waals surface area contributed by atoms with Crippen molar-refractivity contribution in [3.63, 3.8) is 0 Å². The molecule has 0 atom stereocenters. The number of benzene rings is 1. The molecule has 18 heavy (non-hydrogen) atoms. The second-order valence-electron chi connectivity index (χ2n) is 3.64. The van der Waals surface area contributed by atoms with Gasteiger partial charge in [0.2, 0.25) is 17.8 Å². The van der Waals surface area contributed by atoms with Crippen molar-refractivity contribution < 1.29 is 4.79 Å². The topological polar surface area (TPSA) is 120 Å². The molecule has 0 saturated carbocycles. The number of amides is 1. The number of nitrogens with one attached hydrogen (secondary N) is 1. The number of anilines is 3. The second kappa shape index (κ2) is 4.66. The number of nitrogens with zero attached hydrogens (tertiary/aromatic N) is 3. The Labute approximate surface area is 103 Å². The SMILES string of the molecule is Cc1ccccc1C(=O)Nc1nc(N)nc(N)n1. The largest absolute Gasteiger partial charge is 0.368 e. The van der Waals surface area contributed by atoms with Crippen LogP contribution in [0.2, 0.25) is 0 Å². The number of carbonyl (C=O) groups is 1. The molecule has 7 nitrogen and oxygen atoms in total. The smallest absolute Gasteiger partial charge is 0.258 e. The predicted molar refractivity (Wildman–Crippen MR) is 67.8 cm³/mol. The summed E-state index contributed by atoms with van der Waals surface area (Å²) in [6, 6.07) is 7.17. The molecule has 1 heterocycles. The van der Waals surface area contributed by atoms with E-state index in [9.17, 15) is 4.79 Å². The van der Waals surface area contributed by atoms with Gasteiger partial charge in [0.05, 0.1) is 0 Å². The van der Waals surface area contributed by atoms with Crippen molar-refractivity contribution in [2.24, 2.45) is 0 Å². The summed E-state index contributed by atoms with van der Waals surface area (Å²) < 4.78 is 0. The lowest BCUT2D eigenvalue weighted by Gasteiger charge is -2.06. The Balaban J connectivity index is 2.24. The van der Waals surface area contributed by atoms with E-state index in [1.807, 2.05) is 19.1 Å². The summed E-state index contributed by atoms with van der Waals surface area (Å²) in [7, 11) is 0. The van der Waals surface area contributed by atoms with E-state index >= 15 is 0 Å². The maximum absolute atomic E-state index is 12.0. The van der Waals surface area contributed by atoms with Gasteiger partial charge in [0.15, 0.2) is 0 Å². The minimum atomic E-state index is -0.321. The molecule has 1 amide bonds. The zero-order valence-electron chi connectivity index (χ0n) is 9.71. The van der Waals surface area contributed by atoms with Crippen molar-refractivity contribution in [1.82, 2.24) is 15.0 Å². The number of aryl methyl sites for hydroxylation is 1. The summed E-state index contributed by atoms with van der Waals surface area (Å²) in [5, 5.41) is 2.52. The Morgan fingerprint density at radius 1 is 1.11 bits per heavy atom. The zero-order valence-corrected chi connectivity index (χ0v) is 9.71. The molecule has 92 valence electrons. The van der Waals surface area contributed by atoms with E-state index in [4.69, 9.17) is 11.5 Å². The third-order valence-electron chi connectivity index (χ3n) is 2.29. The fourth-order valence-electron chi connectivity index (χ4n) is 1.46. The molecule has 0 unspecified atom stereocenters. The standard InChI is InChI=1S/C11H12N6O/c1-6-4-2-3-5-7(6)8(18)14-11-16-9(12)15-10(13)17-11/h2-5H,1H3,(H5,12,13,14,15,16,17,18). The van der Waals surface area contributed by atoms with Crippen LogP contribution in [0.4, 0.5) is 17.8 Å². The minimum absolute atomic E-state index is 0.0354. The predicted octanol–water partition coefficient (Wildman–Crippen LogP) is 0.597. The van der Waals surface area contributed by atoms with Crippen LogP contribution in [0, 0.1) is 6.92 Å². The van der Waals surface area contributed by atoms with Gasteiger partial charge in [-0.25, -0.2) is 0 Å². The molecular formula is C11H12N6O. The van der Waals surface area contributed by atoms with E-state index in [1.165, 1.54) is 0 Å². The molecule has 5 N–H and O–H groups in total. The van der Waals surface area contributed by atoms with Crippen LogP contribution >= 0.6 is 0 Å². The highest BCUT2D eigenvalue weighted by Gasteiger charge is 2.11.